The van der Waals surface area contributed by atoms with Crippen LogP contribution < -0.4 is 5.32 Å². The molecule has 7 heteroatoms. The lowest BCUT2D eigenvalue weighted by Gasteiger charge is -2.17. The fourth-order valence-corrected chi connectivity index (χ4v) is 4.22. The number of halogens is 1. The average molecular weight is 271 g/mol. The summed E-state index contributed by atoms with van der Waals surface area (Å²) in [4.78, 5) is 3.54. The molecule has 0 aromatic carbocycles. The third-order valence-corrected chi connectivity index (χ3v) is 5.47. The van der Waals surface area contributed by atoms with Crippen molar-refractivity contribution in [1.82, 2.24) is 14.6 Å². The first-order chi connectivity index (χ1) is 8.57. The summed E-state index contributed by atoms with van der Waals surface area (Å²) in [7, 11) is -3.60. The molecule has 0 bridgehead atoms. The molecule has 0 radical (unpaired) electrons. The highest BCUT2D eigenvalue weighted by Crippen LogP contribution is 2.30. The van der Waals surface area contributed by atoms with Gasteiger partial charge in [0.05, 0.1) is 6.20 Å². The SMILES string of the molecule is O=S(=O)(c1cncc(F)c1)N1C[C@H]2CNC[C@@H]2C1. The Balaban J connectivity index is 1.87. The van der Waals surface area contributed by atoms with Crippen molar-refractivity contribution in [3.63, 3.8) is 0 Å². The Kier molecular flexibility index (Phi) is 2.84. The summed E-state index contributed by atoms with van der Waals surface area (Å²) >= 11 is 0. The Morgan fingerprint density at radius 3 is 2.56 bits per heavy atom. The number of nitrogens with zero attached hydrogens (tertiary/aromatic N) is 2. The molecule has 1 N–H and O–H groups in total. The summed E-state index contributed by atoms with van der Waals surface area (Å²) in [5.41, 5.74) is 0. The van der Waals surface area contributed by atoms with E-state index < -0.39 is 15.8 Å². The molecule has 5 nitrogen and oxygen atoms in total. The molecule has 0 spiro atoms. The van der Waals surface area contributed by atoms with Crippen LogP contribution in [0.3, 0.4) is 0 Å². The minimum Gasteiger partial charge on any atom is -0.316 e. The lowest BCUT2D eigenvalue weighted by Crippen LogP contribution is -2.32. The number of nitrogens with one attached hydrogen (secondary N) is 1. The highest BCUT2D eigenvalue weighted by molar-refractivity contribution is 7.89. The van der Waals surface area contributed by atoms with Crippen molar-refractivity contribution in [2.45, 2.75) is 4.90 Å². The molecule has 98 valence electrons. The van der Waals surface area contributed by atoms with E-state index in [9.17, 15) is 12.8 Å². The van der Waals surface area contributed by atoms with Crippen LogP contribution in [-0.2, 0) is 10.0 Å². The van der Waals surface area contributed by atoms with Crippen LogP contribution in [0, 0.1) is 17.7 Å². The van der Waals surface area contributed by atoms with E-state index >= 15 is 0 Å². The largest absolute Gasteiger partial charge is 0.316 e. The first-order valence-corrected chi connectivity index (χ1v) is 7.33. The smallest absolute Gasteiger partial charge is 0.244 e. The van der Waals surface area contributed by atoms with Gasteiger partial charge < -0.3 is 5.32 Å². The van der Waals surface area contributed by atoms with Crippen molar-refractivity contribution < 1.29 is 12.8 Å². The van der Waals surface area contributed by atoms with E-state index in [1.807, 2.05) is 0 Å². The van der Waals surface area contributed by atoms with E-state index in [2.05, 4.69) is 10.3 Å². The van der Waals surface area contributed by atoms with Crippen molar-refractivity contribution >= 4 is 10.0 Å². The van der Waals surface area contributed by atoms with Gasteiger partial charge in [-0.15, -0.1) is 0 Å². The number of rotatable bonds is 2. The van der Waals surface area contributed by atoms with Gasteiger partial charge in [-0.25, -0.2) is 12.8 Å². The van der Waals surface area contributed by atoms with Gasteiger partial charge >= 0.3 is 0 Å². The molecule has 2 atom stereocenters. The monoisotopic (exact) mass is 271 g/mol. The summed E-state index contributed by atoms with van der Waals surface area (Å²) in [5, 5.41) is 3.25. The summed E-state index contributed by atoms with van der Waals surface area (Å²) in [5.74, 6) is 0.125. The third kappa shape index (κ3) is 1.92. The molecule has 2 saturated heterocycles. The second kappa shape index (κ2) is 4.25. The van der Waals surface area contributed by atoms with E-state index in [0.717, 1.165) is 25.4 Å². The molecule has 0 saturated carbocycles. The quantitative estimate of drug-likeness (QED) is 0.826. The molecule has 18 heavy (non-hydrogen) atoms. The number of aromatic nitrogens is 1. The highest BCUT2D eigenvalue weighted by atomic mass is 32.2. The van der Waals surface area contributed by atoms with Gasteiger partial charge in [0, 0.05) is 19.3 Å². The average Bonchev–Trinajstić information content (AvgIpc) is 2.89. The molecule has 1 aromatic heterocycles. The molecule has 3 rings (SSSR count). The number of sulfonamides is 1. The van der Waals surface area contributed by atoms with Gasteiger partial charge in [0.25, 0.3) is 0 Å². The second-order valence-electron chi connectivity index (χ2n) is 4.84. The Labute approximate surface area is 105 Å². The lowest BCUT2D eigenvalue weighted by molar-refractivity contribution is 0.447. The maximum Gasteiger partial charge on any atom is 0.244 e. The van der Waals surface area contributed by atoms with Crippen molar-refractivity contribution in [1.29, 1.82) is 0 Å². The van der Waals surface area contributed by atoms with Gasteiger partial charge in [-0.1, -0.05) is 0 Å². The Morgan fingerprint density at radius 1 is 1.28 bits per heavy atom. The third-order valence-electron chi connectivity index (χ3n) is 3.67. The van der Waals surface area contributed by atoms with Crippen LogP contribution in [0.2, 0.25) is 0 Å². The first kappa shape index (κ1) is 12.0. The zero-order valence-corrected chi connectivity index (χ0v) is 10.5. The van der Waals surface area contributed by atoms with Gasteiger partial charge in [-0.05, 0) is 31.0 Å². The first-order valence-electron chi connectivity index (χ1n) is 5.89. The standard InChI is InChI=1S/C11H14FN3O2S/c12-10-1-11(5-14-4-10)18(16,17)15-6-8-2-13-3-9(8)7-15/h1,4-5,8-9,13H,2-3,6-7H2/t8-,9-/m1/s1. The maximum atomic E-state index is 13.1. The van der Waals surface area contributed by atoms with Crippen LogP contribution in [0.15, 0.2) is 23.4 Å². The van der Waals surface area contributed by atoms with Gasteiger partial charge in [-0.3, -0.25) is 4.98 Å². The van der Waals surface area contributed by atoms with Crippen LogP contribution in [0.1, 0.15) is 0 Å². The maximum absolute atomic E-state index is 13.1. The van der Waals surface area contributed by atoms with E-state index in [-0.39, 0.29) is 4.90 Å². The van der Waals surface area contributed by atoms with Crippen LogP contribution >= 0.6 is 0 Å². The van der Waals surface area contributed by atoms with Crippen LogP contribution in [0.25, 0.3) is 0 Å². The second-order valence-corrected chi connectivity index (χ2v) is 6.78. The van der Waals surface area contributed by atoms with Crippen LogP contribution in [-0.4, -0.2) is 43.9 Å². The Bertz CT molecular complexity index is 551. The topological polar surface area (TPSA) is 62.3 Å². The van der Waals surface area contributed by atoms with Crippen molar-refractivity contribution in [3.8, 4) is 0 Å². The summed E-state index contributed by atoms with van der Waals surface area (Å²) in [6, 6.07) is 1.02. The number of fused-ring (bicyclic) bond motifs is 1. The van der Waals surface area contributed by atoms with Gasteiger partial charge in [0.15, 0.2) is 0 Å². The van der Waals surface area contributed by atoms with Crippen molar-refractivity contribution in [3.05, 3.63) is 24.3 Å². The van der Waals surface area contributed by atoms with E-state index in [4.69, 9.17) is 0 Å². The normalized spacial score (nSPS) is 28.5. The van der Waals surface area contributed by atoms with Crippen molar-refractivity contribution in [2.24, 2.45) is 11.8 Å². The molecule has 0 unspecified atom stereocenters. The zero-order chi connectivity index (χ0) is 12.8. The van der Waals surface area contributed by atoms with E-state index in [0.29, 0.717) is 24.9 Å². The molecule has 3 heterocycles. The summed E-state index contributed by atoms with van der Waals surface area (Å²) in [6.07, 6.45) is 2.20. The van der Waals surface area contributed by atoms with Crippen LogP contribution in [0.4, 0.5) is 4.39 Å². The number of hydrogen-bond acceptors (Lipinski definition) is 4. The fourth-order valence-electron chi connectivity index (χ4n) is 2.69. The summed E-state index contributed by atoms with van der Waals surface area (Å²) < 4.78 is 39.1. The van der Waals surface area contributed by atoms with E-state index in [1.54, 1.807) is 0 Å². The molecule has 2 fully saturated rings. The predicted octanol–water partition coefficient (Wildman–Crippen LogP) is 0.0606. The molecule has 0 amide bonds. The van der Waals surface area contributed by atoms with Gasteiger partial charge in [0.1, 0.15) is 10.7 Å². The minimum absolute atomic E-state index is 0.0598. The molecule has 2 aliphatic heterocycles. The van der Waals surface area contributed by atoms with Gasteiger partial charge in [-0.2, -0.15) is 4.31 Å². The van der Waals surface area contributed by atoms with Crippen LogP contribution in [0.5, 0.6) is 0 Å². The zero-order valence-electron chi connectivity index (χ0n) is 9.71. The van der Waals surface area contributed by atoms with Gasteiger partial charge in [0.2, 0.25) is 10.0 Å². The Morgan fingerprint density at radius 2 is 1.94 bits per heavy atom. The highest BCUT2D eigenvalue weighted by Gasteiger charge is 2.41. The minimum atomic E-state index is -3.60. The van der Waals surface area contributed by atoms with Crippen molar-refractivity contribution in [2.75, 3.05) is 26.2 Å². The van der Waals surface area contributed by atoms with E-state index in [1.165, 1.54) is 10.5 Å². The molecular weight excluding hydrogens is 257 g/mol. The molecule has 0 aliphatic carbocycles. The fraction of sp³-hybridized carbons (Fsp3) is 0.545. The lowest BCUT2D eigenvalue weighted by atomic mass is 10.0. The summed E-state index contributed by atoms with van der Waals surface area (Å²) in [6.45, 7) is 2.74. The number of pyridine rings is 1. The number of hydrogen-bond donors (Lipinski definition) is 1. The molecular formula is C11H14FN3O2S. The predicted molar refractivity (Wildman–Crippen MR) is 62.8 cm³/mol. The molecule has 2 aliphatic rings. The Hall–Kier alpha value is -1.05. The molecule has 1 aromatic rings.